The number of amides is 1. The first-order valence-corrected chi connectivity index (χ1v) is 8.16. The lowest BCUT2D eigenvalue weighted by Crippen LogP contribution is -2.08. The van der Waals surface area contributed by atoms with Crippen LogP contribution in [-0.4, -0.2) is 31.8 Å². The zero-order valence-electron chi connectivity index (χ0n) is 10.4. The van der Waals surface area contributed by atoms with Crippen LogP contribution in [-0.2, 0) is 25.0 Å². The average Bonchev–Trinajstić information content (AvgIpc) is 2.66. The van der Waals surface area contributed by atoms with Crippen molar-refractivity contribution in [3.8, 4) is 0 Å². The summed E-state index contributed by atoms with van der Waals surface area (Å²) in [7, 11) is -9.52. The third-order valence-electron chi connectivity index (χ3n) is 2.66. The van der Waals surface area contributed by atoms with Gasteiger partial charge in [-0.05, 0) is 19.1 Å². The molecule has 1 aliphatic heterocycles. The molecule has 0 unspecified atom stereocenters. The van der Waals surface area contributed by atoms with Crippen molar-refractivity contribution < 1.29 is 30.7 Å². The van der Waals surface area contributed by atoms with E-state index in [0.717, 1.165) is 12.1 Å². The van der Waals surface area contributed by atoms with Gasteiger partial charge in [0, 0.05) is 5.56 Å². The van der Waals surface area contributed by atoms with Gasteiger partial charge in [-0.2, -0.15) is 21.9 Å². The van der Waals surface area contributed by atoms with E-state index in [9.17, 15) is 26.2 Å². The lowest BCUT2D eigenvalue weighted by Gasteiger charge is -2.08. The molecule has 1 aromatic carbocycles. The fourth-order valence-electron chi connectivity index (χ4n) is 1.77. The number of carbonyl (C=O) groups is 1. The molecule has 0 aliphatic carbocycles. The van der Waals surface area contributed by atoms with E-state index < -0.39 is 35.9 Å². The SMILES string of the molecule is CC1=C(c2ccc(S(=O)(=O)O)cc2S(=O)(=O)O)C(=O)N=N1. The highest BCUT2D eigenvalue weighted by molar-refractivity contribution is 7.86. The zero-order valence-corrected chi connectivity index (χ0v) is 12.0. The molecule has 0 saturated carbocycles. The van der Waals surface area contributed by atoms with E-state index in [0.29, 0.717) is 6.07 Å². The molecule has 2 rings (SSSR count). The first-order valence-electron chi connectivity index (χ1n) is 5.28. The molecule has 0 bridgehead atoms. The van der Waals surface area contributed by atoms with Gasteiger partial charge < -0.3 is 0 Å². The second kappa shape index (κ2) is 4.80. The van der Waals surface area contributed by atoms with Gasteiger partial charge in [-0.3, -0.25) is 13.9 Å². The van der Waals surface area contributed by atoms with Gasteiger partial charge >= 0.3 is 0 Å². The van der Waals surface area contributed by atoms with Gasteiger partial charge in [0.1, 0.15) is 4.90 Å². The molecule has 2 N–H and O–H groups in total. The first-order chi connectivity index (χ1) is 9.51. The fourth-order valence-corrected chi connectivity index (χ4v) is 3.07. The second-order valence-corrected chi connectivity index (χ2v) is 6.89. The smallest absolute Gasteiger partial charge is 0.282 e. The molecule has 0 saturated heterocycles. The number of hydrogen-bond acceptors (Lipinski definition) is 6. The molecule has 112 valence electrons. The van der Waals surface area contributed by atoms with Crippen LogP contribution >= 0.6 is 0 Å². The summed E-state index contributed by atoms with van der Waals surface area (Å²) >= 11 is 0. The maximum absolute atomic E-state index is 11.6. The average molecular weight is 332 g/mol. The van der Waals surface area contributed by atoms with E-state index in [1.54, 1.807) is 0 Å². The van der Waals surface area contributed by atoms with Crippen molar-refractivity contribution in [2.45, 2.75) is 16.7 Å². The van der Waals surface area contributed by atoms with Crippen LogP contribution in [0.2, 0.25) is 0 Å². The summed E-state index contributed by atoms with van der Waals surface area (Å²) in [5, 5.41) is 6.72. The zero-order chi connectivity index (χ0) is 16.0. The Morgan fingerprint density at radius 1 is 1.00 bits per heavy atom. The minimum Gasteiger partial charge on any atom is -0.282 e. The first kappa shape index (κ1) is 15.4. The third-order valence-corrected chi connectivity index (χ3v) is 4.41. The lowest BCUT2D eigenvalue weighted by molar-refractivity contribution is -0.112. The van der Waals surface area contributed by atoms with Crippen LogP contribution in [0.4, 0.5) is 0 Å². The van der Waals surface area contributed by atoms with Crippen molar-refractivity contribution in [1.29, 1.82) is 0 Å². The Bertz CT molecular complexity index is 911. The minimum atomic E-state index is -4.85. The Labute approximate surface area is 119 Å². The highest BCUT2D eigenvalue weighted by atomic mass is 32.2. The Morgan fingerprint density at radius 3 is 2.05 bits per heavy atom. The molecule has 21 heavy (non-hydrogen) atoms. The summed E-state index contributed by atoms with van der Waals surface area (Å²) in [6.45, 7) is 1.40. The number of allylic oxidation sites excluding steroid dienone is 1. The number of carbonyl (C=O) groups excluding carboxylic acids is 1. The van der Waals surface area contributed by atoms with E-state index in [1.807, 2.05) is 0 Å². The van der Waals surface area contributed by atoms with Gasteiger partial charge in [-0.1, -0.05) is 6.07 Å². The molecule has 1 aliphatic rings. The van der Waals surface area contributed by atoms with Crippen molar-refractivity contribution in [1.82, 2.24) is 0 Å². The van der Waals surface area contributed by atoms with Gasteiger partial charge in [0.25, 0.3) is 26.1 Å². The Balaban J connectivity index is 2.81. The Hall–Kier alpha value is -1.95. The summed E-state index contributed by atoms with van der Waals surface area (Å²) in [6.07, 6.45) is 0. The molecule has 0 fully saturated rings. The quantitative estimate of drug-likeness (QED) is 0.780. The molecule has 1 heterocycles. The van der Waals surface area contributed by atoms with Crippen LogP contribution in [0.3, 0.4) is 0 Å². The predicted octanol–water partition coefficient (Wildman–Crippen LogP) is 0.903. The number of hydrogen-bond donors (Lipinski definition) is 2. The molecule has 0 radical (unpaired) electrons. The lowest BCUT2D eigenvalue weighted by atomic mass is 10.0. The molecular formula is C10H8N2O7S2. The molecular weight excluding hydrogens is 324 g/mol. The number of benzene rings is 1. The summed E-state index contributed by atoms with van der Waals surface area (Å²) in [6, 6.07) is 2.41. The molecule has 0 aromatic heterocycles. The van der Waals surface area contributed by atoms with Crippen molar-refractivity contribution in [3.05, 3.63) is 29.5 Å². The fraction of sp³-hybridized carbons (Fsp3) is 0.100. The van der Waals surface area contributed by atoms with Crippen molar-refractivity contribution in [3.63, 3.8) is 0 Å². The standard InChI is InChI=1S/C10H8N2O7S2/c1-5-9(10(13)12-11-5)7-3-2-6(20(14,15)16)4-8(7)21(17,18)19/h2-4H,1H3,(H,14,15,16)(H,17,18,19). The van der Waals surface area contributed by atoms with Crippen molar-refractivity contribution >= 4 is 31.7 Å². The molecule has 1 amide bonds. The summed E-state index contributed by atoms with van der Waals surface area (Å²) in [4.78, 5) is 10.0. The molecule has 0 spiro atoms. The van der Waals surface area contributed by atoms with E-state index in [2.05, 4.69) is 10.2 Å². The van der Waals surface area contributed by atoms with Crippen LogP contribution in [0.1, 0.15) is 12.5 Å². The van der Waals surface area contributed by atoms with Crippen LogP contribution in [0.25, 0.3) is 5.57 Å². The van der Waals surface area contributed by atoms with Crippen LogP contribution in [0.15, 0.2) is 43.9 Å². The van der Waals surface area contributed by atoms with Gasteiger partial charge in [0.05, 0.1) is 16.2 Å². The van der Waals surface area contributed by atoms with Crippen LogP contribution < -0.4 is 0 Å². The molecule has 9 nitrogen and oxygen atoms in total. The number of azo groups is 1. The largest absolute Gasteiger partial charge is 0.297 e. The van der Waals surface area contributed by atoms with E-state index in [1.165, 1.54) is 6.92 Å². The summed E-state index contributed by atoms with van der Waals surface area (Å²) in [5.41, 5.74) is -0.314. The maximum Gasteiger partial charge on any atom is 0.297 e. The van der Waals surface area contributed by atoms with E-state index >= 15 is 0 Å². The van der Waals surface area contributed by atoms with E-state index in [4.69, 9.17) is 4.55 Å². The monoisotopic (exact) mass is 332 g/mol. The molecule has 11 heteroatoms. The van der Waals surface area contributed by atoms with Crippen LogP contribution in [0, 0.1) is 0 Å². The van der Waals surface area contributed by atoms with E-state index in [-0.39, 0.29) is 16.8 Å². The summed E-state index contributed by atoms with van der Waals surface area (Å²) < 4.78 is 63.0. The Morgan fingerprint density at radius 2 is 1.62 bits per heavy atom. The van der Waals surface area contributed by atoms with Crippen molar-refractivity contribution in [2.24, 2.45) is 10.2 Å². The molecule has 1 aromatic rings. The third kappa shape index (κ3) is 2.90. The molecule has 0 atom stereocenters. The highest BCUT2D eigenvalue weighted by Crippen LogP contribution is 2.32. The minimum absolute atomic E-state index is 0.115. The maximum atomic E-state index is 11.6. The summed E-state index contributed by atoms with van der Waals surface area (Å²) in [5.74, 6) is -0.822. The van der Waals surface area contributed by atoms with Gasteiger partial charge in [0.15, 0.2) is 0 Å². The van der Waals surface area contributed by atoms with Crippen LogP contribution in [0.5, 0.6) is 0 Å². The number of nitrogens with zero attached hydrogens (tertiary/aromatic N) is 2. The second-order valence-electron chi connectivity index (χ2n) is 4.07. The van der Waals surface area contributed by atoms with Gasteiger partial charge in [-0.15, -0.1) is 5.11 Å². The normalized spacial score (nSPS) is 15.9. The van der Waals surface area contributed by atoms with Gasteiger partial charge in [-0.25, -0.2) is 0 Å². The number of rotatable bonds is 3. The van der Waals surface area contributed by atoms with Gasteiger partial charge in [0.2, 0.25) is 0 Å². The van der Waals surface area contributed by atoms with Crippen molar-refractivity contribution in [2.75, 3.05) is 0 Å². The predicted molar refractivity (Wildman–Crippen MR) is 68.5 cm³/mol. The topological polar surface area (TPSA) is 151 Å². The highest BCUT2D eigenvalue weighted by Gasteiger charge is 2.28. The Kier molecular flexibility index (Phi) is 3.53.